The second-order valence-electron chi connectivity index (χ2n) is 12.3. The van der Waals surface area contributed by atoms with Crippen LogP contribution in [0.3, 0.4) is 0 Å². The number of esters is 2. The Labute approximate surface area is 210 Å². The molecule has 1 aromatic rings. The molecule has 2 saturated carbocycles. The number of ketones is 1. The molecule has 1 spiro atoms. The maximum Gasteiger partial charge on any atom is 0.339 e. The molecule has 2 N–H and O–H groups in total. The Morgan fingerprint density at radius 1 is 1.25 bits per heavy atom. The van der Waals surface area contributed by atoms with Crippen molar-refractivity contribution < 1.29 is 43.2 Å². The first-order valence-corrected chi connectivity index (χ1v) is 12.6. The first-order chi connectivity index (χ1) is 16.7. The lowest BCUT2D eigenvalue weighted by atomic mass is 9.37. The average molecular weight is 505 g/mol. The molecule has 4 fully saturated rings. The Hall–Kier alpha value is -2.23. The number of carbonyl (C=O) groups excluding carboxylic acids is 3. The quantitative estimate of drug-likeness (QED) is 0.458. The fourth-order valence-electron chi connectivity index (χ4n) is 8.59. The summed E-state index contributed by atoms with van der Waals surface area (Å²) in [5.74, 6) is -2.31. The van der Waals surface area contributed by atoms with Crippen molar-refractivity contribution in [1.29, 1.82) is 0 Å². The number of hydrogen-bond donors (Lipinski definition) is 2. The first kappa shape index (κ1) is 25.4. The standard InChI is InChI=1S/C27H36O9/c1-23(2,32)16-11-18(29)26(5)15(25(16,4)17(28)12-19(30)33-6)7-9-24(3)20(14-8-10-34-13-14)35-22(31)21-27(24,26)36-21/h8,10,13,15-17,20-21,28,32H,7,9,11-12H2,1-6H3. The molecule has 9 unspecified atom stereocenters. The van der Waals surface area contributed by atoms with Crippen molar-refractivity contribution in [2.75, 3.05) is 7.11 Å². The van der Waals surface area contributed by atoms with Gasteiger partial charge in [0.25, 0.3) is 0 Å². The summed E-state index contributed by atoms with van der Waals surface area (Å²) in [5, 5.41) is 22.7. The molecule has 0 bridgehead atoms. The summed E-state index contributed by atoms with van der Waals surface area (Å²) in [5.41, 5.74) is -4.70. The van der Waals surface area contributed by atoms with Gasteiger partial charge in [-0.05, 0) is 45.6 Å². The van der Waals surface area contributed by atoms with Gasteiger partial charge < -0.3 is 28.8 Å². The Bertz CT molecular complexity index is 1090. The molecule has 0 amide bonds. The molecule has 5 rings (SSSR count). The highest BCUT2D eigenvalue weighted by Gasteiger charge is 2.88. The van der Waals surface area contributed by atoms with E-state index in [2.05, 4.69) is 0 Å². The number of fused-ring (bicyclic) bond motifs is 1. The van der Waals surface area contributed by atoms with Crippen molar-refractivity contribution in [2.24, 2.45) is 28.1 Å². The van der Waals surface area contributed by atoms with Crippen LogP contribution in [0.1, 0.15) is 72.0 Å². The van der Waals surface area contributed by atoms with E-state index >= 15 is 0 Å². The molecular weight excluding hydrogens is 468 g/mol. The number of rotatable bonds is 5. The number of aliphatic hydroxyl groups is 2. The zero-order chi connectivity index (χ0) is 26.5. The lowest BCUT2D eigenvalue weighted by Crippen LogP contribution is -2.73. The van der Waals surface area contributed by atoms with Crippen molar-refractivity contribution in [3.8, 4) is 0 Å². The predicted octanol–water partition coefficient (Wildman–Crippen LogP) is 2.73. The van der Waals surface area contributed by atoms with Gasteiger partial charge in [0, 0.05) is 28.7 Å². The number of ether oxygens (including phenoxy) is 3. The van der Waals surface area contributed by atoms with Crippen molar-refractivity contribution in [2.45, 2.75) is 89.8 Å². The van der Waals surface area contributed by atoms with Gasteiger partial charge in [0.05, 0.1) is 43.2 Å². The molecular formula is C27H36O9. The van der Waals surface area contributed by atoms with Crippen molar-refractivity contribution in [3.05, 3.63) is 24.2 Å². The van der Waals surface area contributed by atoms with Crippen LogP contribution in [0.5, 0.6) is 0 Å². The van der Waals surface area contributed by atoms with Crippen LogP contribution in [0, 0.1) is 28.1 Å². The Morgan fingerprint density at radius 2 is 1.94 bits per heavy atom. The van der Waals surface area contributed by atoms with Crippen LogP contribution in [0.2, 0.25) is 0 Å². The molecule has 9 atom stereocenters. The summed E-state index contributed by atoms with van der Waals surface area (Å²) in [7, 11) is 1.26. The zero-order valence-electron chi connectivity index (χ0n) is 21.7. The summed E-state index contributed by atoms with van der Waals surface area (Å²) < 4.78 is 22.3. The summed E-state index contributed by atoms with van der Waals surface area (Å²) >= 11 is 0. The van der Waals surface area contributed by atoms with Crippen molar-refractivity contribution in [1.82, 2.24) is 0 Å². The minimum absolute atomic E-state index is 0.0232. The highest BCUT2D eigenvalue weighted by molar-refractivity contribution is 5.93. The number of aliphatic hydroxyl groups excluding tert-OH is 1. The van der Waals surface area contributed by atoms with Crippen LogP contribution < -0.4 is 0 Å². The SMILES string of the molecule is COC(=O)CC(O)C1(C)C(C(C)(C)O)CC(=O)C2(C)C1CCC1(C)C(c3ccoc3)OC(=O)C3OC312. The molecule has 198 valence electrons. The van der Waals surface area contributed by atoms with E-state index in [9.17, 15) is 24.6 Å². The van der Waals surface area contributed by atoms with Crippen LogP contribution in [0.4, 0.5) is 0 Å². The highest BCUT2D eigenvalue weighted by atomic mass is 16.7. The fourth-order valence-corrected chi connectivity index (χ4v) is 8.59. The zero-order valence-corrected chi connectivity index (χ0v) is 21.7. The Kier molecular flexibility index (Phi) is 5.40. The van der Waals surface area contributed by atoms with Crippen LogP contribution in [0.15, 0.2) is 23.0 Å². The number of epoxide rings is 1. The minimum Gasteiger partial charge on any atom is -0.472 e. The lowest BCUT2D eigenvalue weighted by Gasteiger charge is -2.66. The maximum atomic E-state index is 14.2. The van der Waals surface area contributed by atoms with E-state index in [1.165, 1.54) is 13.4 Å². The van der Waals surface area contributed by atoms with Crippen molar-refractivity contribution in [3.63, 3.8) is 0 Å². The van der Waals surface area contributed by atoms with Gasteiger partial charge in [-0.2, -0.15) is 0 Å². The fraction of sp³-hybridized carbons (Fsp3) is 0.741. The van der Waals surface area contributed by atoms with Gasteiger partial charge in [0.1, 0.15) is 17.5 Å². The van der Waals surface area contributed by atoms with Gasteiger partial charge in [-0.15, -0.1) is 0 Å². The lowest BCUT2D eigenvalue weighted by molar-refractivity contribution is -0.236. The summed E-state index contributed by atoms with van der Waals surface area (Å²) in [4.78, 5) is 39.5. The van der Waals surface area contributed by atoms with Crippen LogP contribution in [0.25, 0.3) is 0 Å². The second-order valence-corrected chi connectivity index (χ2v) is 12.3. The second kappa shape index (κ2) is 7.65. The van der Waals surface area contributed by atoms with E-state index in [-0.39, 0.29) is 18.6 Å². The number of cyclic esters (lactones) is 1. The van der Waals surface area contributed by atoms with Crippen LogP contribution >= 0.6 is 0 Å². The third-order valence-electron chi connectivity index (χ3n) is 10.4. The normalized spacial score (nSPS) is 44.6. The van der Waals surface area contributed by atoms with Crippen LogP contribution in [-0.4, -0.2) is 58.5 Å². The summed E-state index contributed by atoms with van der Waals surface area (Å²) in [6.07, 6.45) is 1.08. The molecule has 2 aliphatic heterocycles. The van der Waals surface area contributed by atoms with E-state index in [0.29, 0.717) is 18.4 Å². The van der Waals surface area contributed by atoms with Gasteiger partial charge in [0.15, 0.2) is 6.10 Å². The predicted molar refractivity (Wildman–Crippen MR) is 124 cm³/mol. The average Bonchev–Trinajstić information content (AvgIpc) is 3.37. The van der Waals surface area contributed by atoms with Gasteiger partial charge in [-0.25, -0.2) is 4.79 Å². The molecule has 9 nitrogen and oxygen atoms in total. The number of hydrogen-bond acceptors (Lipinski definition) is 9. The number of methoxy groups -OCH3 is 1. The topological polar surface area (TPSA) is 136 Å². The van der Waals surface area contributed by atoms with Crippen LogP contribution in [-0.2, 0) is 28.6 Å². The summed E-state index contributed by atoms with van der Waals surface area (Å²) in [6, 6.07) is 1.76. The van der Waals surface area contributed by atoms with E-state index < -0.39 is 69.5 Å². The number of furan rings is 1. The highest BCUT2D eigenvalue weighted by Crippen LogP contribution is 2.78. The van der Waals surface area contributed by atoms with E-state index in [1.54, 1.807) is 26.2 Å². The third-order valence-corrected chi connectivity index (χ3v) is 10.4. The van der Waals surface area contributed by atoms with E-state index in [0.717, 1.165) is 0 Å². The monoisotopic (exact) mass is 504 g/mol. The van der Waals surface area contributed by atoms with Gasteiger partial charge >= 0.3 is 11.9 Å². The number of carbonyl (C=O) groups is 3. The van der Waals surface area contributed by atoms with Gasteiger partial charge in [0.2, 0.25) is 0 Å². The largest absolute Gasteiger partial charge is 0.472 e. The molecule has 0 aromatic carbocycles. The van der Waals surface area contributed by atoms with Crippen molar-refractivity contribution >= 4 is 17.7 Å². The number of Topliss-reactive ketones (excluding diaryl/α,β-unsaturated/α-hetero) is 1. The molecule has 1 aromatic heterocycles. The van der Waals surface area contributed by atoms with E-state index in [1.807, 2.05) is 20.8 Å². The molecule has 36 heavy (non-hydrogen) atoms. The van der Waals surface area contributed by atoms with Gasteiger partial charge in [-0.1, -0.05) is 13.8 Å². The Morgan fingerprint density at radius 3 is 2.53 bits per heavy atom. The maximum absolute atomic E-state index is 14.2. The summed E-state index contributed by atoms with van der Waals surface area (Å²) in [6.45, 7) is 8.95. The minimum atomic E-state index is -1.31. The molecule has 3 heterocycles. The van der Waals surface area contributed by atoms with E-state index in [4.69, 9.17) is 18.6 Å². The molecule has 2 aliphatic carbocycles. The third kappa shape index (κ3) is 2.90. The molecule has 0 radical (unpaired) electrons. The molecule has 4 aliphatic rings. The molecule has 2 saturated heterocycles. The molecule has 9 heteroatoms. The van der Waals surface area contributed by atoms with Gasteiger partial charge in [-0.3, -0.25) is 9.59 Å². The Balaban J connectivity index is 1.67. The first-order valence-electron chi connectivity index (χ1n) is 12.6. The smallest absolute Gasteiger partial charge is 0.339 e.